The Kier molecular flexibility index (Phi) is 4.76. The molecule has 1 aliphatic rings. The Bertz CT molecular complexity index is 724. The molecule has 0 bridgehead atoms. The number of benzene rings is 2. The standard InChI is InChI=1S/C18H18F2N2O2/c19-13-6-7-14(16(20)8-13)15-9-22(10-17(15)21)18(23)24-11-12-4-2-1-3-5-12/h1-8,15,17H,9-11,21H2/t15-,17+/m0/s1. The monoisotopic (exact) mass is 332 g/mol. The van der Waals surface area contributed by atoms with Crippen molar-refractivity contribution in [1.29, 1.82) is 0 Å². The number of halogens is 2. The summed E-state index contributed by atoms with van der Waals surface area (Å²) < 4.78 is 32.3. The zero-order chi connectivity index (χ0) is 17.1. The van der Waals surface area contributed by atoms with Crippen molar-refractivity contribution in [2.24, 2.45) is 5.73 Å². The highest BCUT2D eigenvalue weighted by Gasteiger charge is 2.36. The summed E-state index contributed by atoms with van der Waals surface area (Å²) in [6, 6.07) is 12.3. The number of carbonyl (C=O) groups excluding carboxylic acids is 1. The third-order valence-electron chi connectivity index (χ3n) is 4.19. The first-order chi connectivity index (χ1) is 11.5. The van der Waals surface area contributed by atoms with Crippen LogP contribution < -0.4 is 5.73 Å². The number of amides is 1. The lowest BCUT2D eigenvalue weighted by Gasteiger charge is -2.17. The maximum atomic E-state index is 13.9. The SMILES string of the molecule is N[C@@H]1CN(C(=O)OCc2ccccc2)C[C@H]1c1ccc(F)cc1F. The van der Waals surface area contributed by atoms with E-state index >= 15 is 0 Å². The molecular weight excluding hydrogens is 314 g/mol. The summed E-state index contributed by atoms with van der Waals surface area (Å²) >= 11 is 0. The molecule has 0 aromatic heterocycles. The van der Waals surface area contributed by atoms with E-state index in [4.69, 9.17) is 10.5 Å². The molecule has 126 valence electrons. The van der Waals surface area contributed by atoms with Crippen LogP contribution in [0.2, 0.25) is 0 Å². The summed E-state index contributed by atoms with van der Waals surface area (Å²) in [5.74, 6) is -1.66. The molecule has 1 saturated heterocycles. The zero-order valence-corrected chi connectivity index (χ0v) is 13.0. The summed E-state index contributed by atoms with van der Waals surface area (Å²) in [4.78, 5) is 13.6. The van der Waals surface area contributed by atoms with Crippen LogP contribution in [-0.2, 0) is 11.3 Å². The molecule has 1 heterocycles. The van der Waals surface area contributed by atoms with Crippen molar-refractivity contribution < 1.29 is 18.3 Å². The lowest BCUT2D eigenvalue weighted by molar-refractivity contribution is 0.103. The molecule has 3 rings (SSSR count). The molecule has 0 radical (unpaired) electrons. The fourth-order valence-corrected chi connectivity index (χ4v) is 2.92. The minimum Gasteiger partial charge on any atom is -0.445 e. The average Bonchev–Trinajstić information content (AvgIpc) is 2.95. The van der Waals surface area contributed by atoms with Gasteiger partial charge in [0.1, 0.15) is 18.2 Å². The highest BCUT2D eigenvalue weighted by molar-refractivity contribution is 5.68. The number of rotatable bonds is 3. The van der Waals surface area contributed by atoms with Gasteiger partial charge in [-0.1, -0.05) is 36.4 Å². The van der Waals surface area contributed by atoms with Crippen molar-refractivity contribution in [2.75, 3.05) is 13.1 Å². The fourth-order valence-electron chi connectivity index (χ4n) is 2.92. The Morgan fingerprint density at radius 2 is 1.92 bits per heavy atom. The van der Waals surface area contributed by atoms with Gasteiger partial charge < -0.3 is 15.4 Å². The van der Waals surface area contributed by atoms with Gasteiger partial charge in [-0.05, 0) is 17.2 Å². The van der Waals surface area contributed by atoms with Crippen LogP contribution in [0.4, 0.5) is 13.6 Å². The van der Waals surface area contributed by atoms with Crippen molar-refractivity contribution in [2.45, 2.75) is 18.6 Å². The molecule has 0 spiro atoms. The van der Waals surface area contributed by atoms with Gasteiger partial charge in [-0.15, -0.1) is 0 Å². The number of nitrogens with two attached hydrogens (primary N) is 1. The van der Waals surface area contributed by atoms with E-state index in [1.54, 1.807) is 0 Å². The molecule has 0 aliphatic carbocycles. The second-order valence-corrected chi connectivity index (χ2v) is 5.88. The van der Waals surface area contributed by atoms with E-state index in [-0.39, 0.29) is 25.6 Å². The molecule has 1 aliphatic heterocycles. The zero-order valence-electron chi connectivity index (χ0n) is 13.0. The van der Waals surface area contributed by atoms with Crippen LogP contribution in [0.3, 0.4) is 0 Å². The molecule has 2 atom stereocenters. The van der Waals surface area contributed by atoms with Crippen LogP contribution in [0, 0.1) is 11.6 Å². The van der Waals surface area contributed by atoms with Crippen LogP contribution in [0.1, 0.15) is 17.0 Å². The Balaban J connectivity index is 1.63. The third-order valence-corrected chi connectivity index (χ3v) is 4.19. The largest absolute Gasteiger partial charge is 0.445 e. The van der Waals surface area contributed by atoms with Crippen LogP contribution >= 0.6 is 0 Å². The lowest BCUT2D eigenvalue weighted by atomic mass is 9.94. The van der Waals surface area contributed by atoms with E-state index in [1.165, 1.54) is 17.0 Å². The first kappa shape index (κ1) is 16.4. The van der Waals surface area contributed by atoms with E-state index in [0.717, 1.165) is 11.6 Å². The summed E-state index contributed by atoms with van der Waals surface area (Å²) in [7, 11) is 0. The highest BCUT2D eigenvalue weighted by Crippen LogP contribution is 2.29. The molecule has 6 heteroatoms. The Morgan fingerprint density at radius 3 is 2.62 bits per heavy atom. The molecule has 0 saturated carbocycles. The van der Waals surface area contributed by atoms with Gasteiger partial charge in [0.2, 0.25) is 0 Å². The van der Waals surface area contributed by atoms with Crippen LogP contribution in [0.5, 0.6) is 0 Å². The summed E-state index contributed by atoms with van der Waals surface area (Å²) in [6.45, 7) is 0.688. The number of hydrogen-bond acceptors (Lipinski definition) is 3. The smallest absolute Gasteiger partial charge is 0.410 e. The van der Waals surface area contributed by atoms with Gasteiger partial charge in [-0.25, -0.2) is 13.6 Å². The number of nitrogens with zero attached hydrogens (tertiary/aromatic N) is 1. The van der Waals surface area contributed by atoms with Crippen LogP contribution in [0.15, 0.2) is 48.5 Å². The van der Waals surface area contributed by atoms with Crippen molar-refractivity contribution in [3.63, 3.8) is 0 Å². The molecule has 2 aromatic rings. The van der Waals surface area contributed by atoms with Gasteiger partial charge in [-0.2, -0.15) is 0 Å². The molecule has 24 heavy (non-hydrogen) atoms. The van der Waals surface area contributed by atoms with Gasteiger partial charge in [-0.3, -0.25) is 0 Å². The maximum absolute atomic E-state index is 13.9. The molecule has 1 fully saturated rings. The average molecular weight is 332 g/mol. The Labute approximate surface area is 138 Å². The lowest BCUT2D eigenvalue weighted by Crippen LogP contribution is -2.32. The van der Waals surface area contributed by atoms with Crippen molar-refractivity contribution >= 4 is 6.09 Å². The van der Waals surface area contributed by atoms with Crippen molar-refractivity contribution in [3.8, 4) is 0 Å². The molecule has 2 N–H and O–H groups in total. The minimum absolute atomic E-state index is 0.168. The number of likely N-dealkylation sites (tertiary alicyclic amines) is 1. The second-order valence-electron chi connectivity index (χ2n) is 5.88. The van der Waals surface area contributed by atoms with Crippen LogP contribution in [-0.4, -0.2) is 30.1 Å². The summed E-state index contributed by atoms with van der Waals surface area (Å²) in [5, 5.41) is 0. The first-order valence-electron chi connectivity index (χ1n) is 7.71. The molecule has 2 aromatic carbocycles. The number of hydrogen-bond donors (Lipinski definition) is 1. The third kappa shape index (κ3) is 3.54. The molecular formula is C18H18F2N2O2. The predicted octanol–water partition coefficient (Wildman–Crippen LogP) is 3.03. The normalized spacial score (nSPS) is 20.2. The number of carbonyl (C=O) groups is 1. The van der Waals surface area contributed by atoms with Gasteiger partial charge in [0, 0.05) is 31.1 Å². The topological polar surface area (TPSA) is 55.6 Å². The minimum atomic E-state index is -0.644. The van der Waals surface area contributed by atoms with E-state index in [0.29, 0.717) is 5.56 Å². The van der Waals surface area contributed by atoms with Crippen molar-refractivity contribution in [1.82, 2.24) is 4.90 Å². The van der Waals surface area contributed by atoms with Crippen molar-refractivity contribution in [3.05, 3.63) is 71.3 Å². The van der Waals surface area contributed by atoms with E-state index in [9.17, 15) is 13.6 Å². The van der Waals surface area contributed by atoms with E-state index in [1.807, 2.05) is 30.3 Å². The van der Waals surface area contributed by atoms with Gasteiger partial charge in [0.15, 0.2) is 0 Å². The Morgan fingerprint density at radius 1 is 1.17 bits per heavy atom. The fraction of sp³-hybridized carbons (Fsp3) is 0.278. The summed E-state index contributed by atoms with van der Waals surface area (Å²) in [6.07, 6.45) is -0.487. The van der Waals surface area contributed by atoms with Crippen LogP contribution in [0.25, 0.3) is 0 Å². The summed E-state index contributed by atoms with van der Waals surface area (Å²) in [5.41, 5.74) is 7.25. The Hall–Kier alpha value is -2.47. The quantitative estimate of drug-likeness (QED) is 0.940. The first-order valence-corrected chi connectivity index (χ1v) is 7.71. The highest BCUT2D eigenvalue weighted by atomic mass is 19.1. The molecule has 1 amide bonds. The number of ether oxygens (including phenoxy) is 1. The molecule has 4 nitrogen and oxygen atoms in total. The van der Waals surface area contributed by atoms with Gasteiger partial charge in [0.05, 0.1) is 0 Å². The van der Waals surface area contributed by atoms with E-state index in [2.05, 4.69) is 0 Å². The maximum Gasteiger partial charge on any atom is 0.410 e. The van der Waals surface area contributed by atoms with Gasteiger partial charge in [0.25, 0.3) is 0 Å². The second kappa shape index (κ2) is 6.97. The van der Waals surface area contributed by atoms with E-state index < -0.39 is 23.8 Å². The molecule has 0 unspecified atom stereocenters. The van der Waals surface area contributed by atoms with Gasteiger partial charge >= 0.3 is 6.09 Å². The predicted molar refractivity (Wildman–Crippen MR) is 85.3 cm³/mol.